The average molecular weight is 279 g/mol. The Balaban J connectivity index is 1.79. The van der Waals surface area contributed by atoms with Gasteiger partial charge in [0.25, 0.3) is 0 Å². The van der Waals surface area contributed by atoms with Gasteiger partial charge in [-0.15, -0.1) is 0 Å². The minimum atomic E-state index is 0.110. The van der Waals surface area contributed by atoms with Crippen molar-refractivity contribution in [1.29, 1.82) is 0 Å². The van der Waals surface area contributed by atoms with Gasteiger partial charge in [-0.2, -0.15) is 0 Å². The third-order valence-electron chi connectivity index (χ3n) is 5.29. The lowest BCUT2D eigenvalue weighted by Gasteiger charge is -2.35. The van der Waals surface area contributed by atoms with Gasteiger partial charge >= 0.3 is 0 Å². The second-order valence-electron chi connectivity index (χ2n) is 6.89. The molecule has 2 N–H and O–H groups in total. The molecule has 0 saturated carbocycles. The molecule has 0 bridgehead atoms. The number of hydrogen-bond acceptors (Lipinski definition) is 1. The Labute approximate surface area is 128 Å². The fraction of sp³-hybridized carbons (Fsp3) is 0.400. The van der Waals surface area contributed by atoms with Crippen LogP contribution in [0.3, 0.4) is 0 Å². The molecule has 21 heavy (non-hydrogen) atoms. The molecule has 0 fully saturated rings. The second kappa shape index (κ2) is 5.31. The van der Waals surface area contributed by atoms with Crippen molar-refractivity contribution in [3.63, 3.8) is 0 Å². The Kier molecular flexibility index (Phi) is 3.62. The van der Waals surface area contributed by atoms with E-state index < -0.39 is 0 Å². The van der Waals surface area contributed by atoms with Gasteiger partial charge in [0.1, 0.15) is 0 Å². The molecule has 0 aromatic heterocycles. The predicted molar refractivity (Wildman–Crippen MR) is 89.6 cm³/mol. The largest absolute Gasteiger partial charge is 0.323 e. The lowest BCUT2D eigenvalue weighted by atomic mass is 9.72. The first-order chi connectivity index (χ1) is 10.0. The number of benzene rings is 2. The van der Waals surface area contributed by atoms with Gasteiger partial charge in [0.15, 0.2) is 0 Å². The number of rotatable bonds is 4. The minimum absolute atomic E-state index is 0.110. The molecule has 1 aliphatic carbocycles. The first-order valence-corrected chi connectivity index (χ1v) is 7.97. The van der Waals surface area contributed by atoms with Crippen LogP contribution in [0.5, 0.6) is 0 Å². The Bertz CT molecular complexity index is 625. The van der Waals surface area contributed by atoms with E-state index >= 15 is 0 Å². The van der Waals surface area contributed by atoms with Crippen molar-refractivity contribution < 1.29 is 0 Å². The number of hydrogen-bond donors (Lipinski definition) is 1. The fourth-order valence-corrected chi connectivity index (χ4v) is 3.21. The van der Waals surface area contributed by atoms with Gasteiger partial charge in [-0.25, -0.2) is 0 Å². The van der Waals surface area contributed by atoms with Crippen molar-refractivity contribution >= 4 is 0 Å². The summed E-state index contributed by atoms with van der Waals surface area (Å²) >= 11 is 0. The van der Waals surface area contributed by atoms with Crippen LogP contribution >= 0.6 is 0 Å². The van der Waals surface area contributed by atoms with Crippen molar-refractivity contribution in [2.45, 2.75) is 51.0 Å². The highest BCUT2D eigenvalue weighted by Crippen LogP contribution is 2.42. The van der Waals surface area contributed by atoms with Crippen molar-refractivity contribution in [2.75, 3.05) is 0 Å². The lowest BCUT2D eigenvalue weighted by molar-refractivity contribution is 0.495. The Morgan fingerprint density at radius 1 is 1.10 bits per heavy atom. The van der Waals surface area contributed by atoms with Crippen molar-refractivity contribution in [2.24, 2.45) is 5.73 Å². The summed E-state index contributed by atoms with van der Waals surface area (Å²) in [5.41, 5.74) is 12.3. The van der Waals surface area contributed by atoms with E-state index in [1.165, 1.54) is 22.3 Å². The highest BCUT2D eigenvalue weighted by Gasteiger charge is 2.31. The van der Waals surface area contributed by atoms with Gasteiger partial charge in [-0.1, -0.05) is 69.3 Å². The van der Waals surface area contributed by atoms with E-state index in [-0.39, 0.29) is 11.5 Å². The van der Waals surface area contributed by atoms with Gasteiger partial charge in [0.05, 0.1) is 0 Å². The van der Waals surface area contributed by atoms with E-state index in [0.717, 1.165) is 12.8 Å². The normalized spacial score (nSPS) is 18.8. The van der Waals surface area contributed by atoms with E-state index in [9.17, 15) is 0 Å². The molecule has 0 radical (unpaired) electrons. The molecule has 2 unspecified atom stereocenters. The van der Waals surface area contributed by atoms with Gasteiger partial charge < -0.3 is 5.73 Å². The van der Waals surface area contributed by atoms with E-state index in [1.54, 1.807) is 0 Å². The molecule has 0 amide bonds. The Hall–Kier alpha value is -1.60. The van der Waals surface area contributed by atoms with Crippen LogP contribution in [0, 0.1) is 0 Å². The summed E-state index contributed by atoms with van der Waals surface area (Å²) < 4.78 is 0. The lowest BCUT2D eigenvalue weighted by Crippen LogP contribution is -2.29. The molecule has 2 aromatic rings. The molecule has 0 saturated heterocycles. The molecule has 2 atom stereocenters. The van der Waals surface area contributed by atoms with Crippen LogP contribution in [0.1, 0.15) is 61.4 Å². The first-order valence-electron chi connectivity index (χ1n) is 7.97. The van der Waals surface area contributed by atoms with Crippen LogP contribution < -0.4 is 5.73 Å². The fourth-order valence-electron chi connectivity index (χ4n) is 3.21. The van der Waals surface area contributed by atoms with Crippen LogP contribution in [0.2, 0.25) is 0 Å². The van der Waals surface area contributed by atoms with E-state index in [0.29, 0.717) is 5.92 Å². The van der Waals surface area contributed by atoms with Crippen LogP contribution in [0.25, 0.3) is 0 Å². The summed E-state index contributed by atoms with van der Waals surface area (Å²) in [6.07, 6.45) is 2.26. The molecule has 1 aliphatic rings. The maximum atomic E-state index is 6.51. The first kappa shape index (κ1) is 14.3. The van der Waals surface area contributed by atoms with E-state index in [1.807, 2.05) is 0 Å². The van der Waals surface area contributed by atoms with Crippen molar-refractivity contribution in [3.8, 4) is 0 Å². The molecule has 3 rings (SSSR count). The van der Waals surface area contributed by atoms with E-state index in [2.05, 4.69) is 69.3 Å². The Morgan fingerprint density at radius 3 is 2.38 bits per heavy atom. The van der Waals surface area contributed by atoms with Gasteiger partial charge in [-0.3, -0.25) is 0 Å². The maximum Gasteiger partial charge on any atom is 0.0367 e. The van der Waals surface area contributed by atoms with Gasteiger partial charge in [0, 0.05) is 12.0 Å². The standard InChI is InChI=1S/C20H25N/c1-4-20(2,3)16-11-9-14(10-12-16)19(21)18-13-15-7-5-6-8-17(15)18/h5-12,18-19H,4,13,21H2,1-3H3. The third kappa shape index (κ3) is 2.51. The zero-order valence-corrected chi connectivity index (χ0v) is 13.3. The third-order valence-corrected chi connectivity index (χ3v) is 5.29. The molecule has 1 nitrogen and oxygen atoms in total. The molecule has 0 spiro atoms. The zero-order chi connectivity index (χ0) is 15.0. The average Bonchev–Trinajstić information content (AvgIpc) is 2.48. The SMILES string of the molecule is CCC(C)(C)c1ccc(C(N)C2Cc3ccccc32)cc1. The van der Waals surface area contributed by atoms with Crippen molar-refractivity contribution in [1.82, 2.24) is 0 Å². The number of nitrogens with two attached hydrogens (primary N) is 1. The molecule has 0 heterocycles. The monoisotopic (exact) mass is 279 g/mol. The predicted octanol–water partition coefficient (Wildman–Crippen LogP) is 4.71. The van der Waals surface area contributed by atoms with Crippen LogP contribution in [0.4, 0.5) is 0 Å². The minimum Gasteiger partial charge on any atom is -0.323 e. The molecular weight excluding hydrogens is 254 g/mol. The summed E-state index contributed by atoms with van der Waals surface area (Å²) in [7, 11) is 0. The quantitative estimate of drug-likeness (QED) is 0.861. The van der Waals surface area contributed by atoms with Crippen LogP contribution in [-0.2, 0) is 11.8 Å². The summed E-state index contributed by atoms with van der Waals surface area (Å²) in [5.74, 6) is 0.478. The maximum absolute atomic E-state index is 6.51. The highest BCUT2D eigenvalue weighted by atomic mass is 14.7. The Morgan fingerprint density at radius 2 is 1.76 bits per heavy atom. The number of fused-ring (bicyclic) bond motifs is 1. The summed E-state index contributed by atoms with van der Waals surface area (Å²) in [4.78, 5) is 0. The molecule has 1 heteroatoms. The topological polar surface area (TPSA) is 26.0 Å². The summed E-state index contributed by atoms with van der Waals surface area (Å²) in [6.45, 7) is 6.83. The van der Waals surface area contributed by atoms with Crippen LogP contribution in [0.15, 0.2) is 48.5 Å². The highest BCUT2D eigenvalue weighted by molar-refractivity contribution is 5.43. The smallest absolute Gasteiger partial charge is 0.0367 e. The summed E-state index contributed by atoms with van der Waals surface area (Å²) in [5, 5.41) is 0. The molecular formula is C20H25N. The second-order valence-corrected chi connectivity index (χ2v) is 6.89. The van der Waals surface area contributed by atoms with Crippen LogP contribution in [-0.4, -0.2) is 0 Å². The zero-order valence-electron chi connectivity index (χ0n) is 13.3. The molecule has 110 valence electrons. The summed E-state index contributed by atoms with van der Waals surface area (Å²) in [6, 6.07) is 17.7. The molecule has 2 aromatic carbocycles. The van der Waals surface area contributed by atoms with Gasteiger partial charge in [-0.05, 0) is 40.5 Å². The van der Waals surface area contributed by atoms with Gasteiger partial charge in [0.2, 0.25) is 0 Å². The van der Waals surface area contributed by atoms with Crippen molar-refractivity contribution in [3.05, 3.63) is 70.8 Å². The van der Waals surface area contributed by atoms with E-state index in [4.69, 9.17) is 5.73 Å². The molecule has 0 aliphatic heterocycles.